The Bertz CT molecular complexity index is 2170. The van der Waals surface area contributed by atoms with Crippen molar-refractivity contribution in [2.45, 2.75) is 72.9 Å². The molecule has 2 aliphatic heterocycles. The molecule has 6 aliphatic rings. The van der Waals surface area contributed by atoms with E-state index in [0.717, 1.165) is 36.6 Å². The maximum absolute atomic E-state index is 5.43. The van der Waals surface area contributed by atoms with Gasteiger partial charge in [0.05, 0.1) is 11.2 Å². The molecular formula is C46H51N5. The van der Waals surface area contributed by atoms with Crippen molar-refractivity contribution in [3.8, 4) is 0 Å². The maximum atomic E-state index is 5.43. The topological polar surface area (TPSA) is 45.2 Å². The molecule has 7 atom stereocenters. The molecule has 0 saturated heterocycles. The summed E-state index contributed by atoms with van der Waals surface area (Å²) in [5.74, 6) is 4.53. The summed E-state index contributed by atoms with van der Waals surface area (Å²) in [5, 5.41) is 1.39. The second kappa shape index (κ2) is 12.3. The lowest BCUT2D eigenvalue weighted by Crippen LogP contribution is -2.44. The van der Waals surface area contributed by atoms with E-state index in [2.05, 4.69) is 142 Å². The van der Waals surface area contributed by atoms with E-state index in [0.29, 0.717) is 29.6 Å². The summed E-state index contributed by atoms with van der Waals surface area (Å²) in [7, 11) is 2.17. The van der Waals surface area contributed by atoms with Crippen molar-refractivity contribution in [3.63, 3.8) is 0 Å². The van der Waals surface area contributed by atoms with Gasteiger partial charge >= 0.3 is 0 Å². The largest absolute Gasteiger partial charge is 0.337 e. The van der Waals surface area contributed by atoms with Crippen molar-refractivity contribution in [1.82, 2.24) is 9.47 Å². The first-order chi connectivity index (χ1) is 24.7. The molecule has 0 amide bonds. The van der Waals surface area contributed by atoms with Crippen molar-refractivity contribution in [1.29, 1.82) is 0 Å². The van der Waals surface area contributed by atoms with E-state index in [9.17, 15) is 0 Å². The second-order valence-corrected chi connectivity index (χ2v) is 16.5. The summed E-state index contributed by atoms with van der Waals surface area (Å²) in [6, 6.07) is 17.7. The Balaban J connectivity index is 1.19. The van der Waals surface area contributed by atoms with Crippen LogP contribution >= 0.6 is 0 Å². The molecule has 9 rings (SSSR count). The van der Waals surface area contributed by atoms with Crippen molar-refractivity contribution in [2.75, 3.05) is 13.6 Å². The van der Waals surface area contributed by atoms with Crippen LogP contribution in [-0.4, -0.2) is 40.4 Å². The minimum atomic E-state index is -0.340. The molecule has 5 heteroatoms. The third kappa shape index (κ3) is 5.21. The lowest BCUT2D eigenvalue weighted by Gasteiger charge is -2.41. The van der Waals surface area contributed by atoms with Crippen LogP contribution in [0.5, 0.6) is 0 Å². The predicted octanol–water partition coefficient (Wildman–Crippen LogP) is 10.7. The number of benzene rings is 2. The van der Waals surface area contributed by atoms with Crippen LogP contribution in [0.15, 0.2) is 117 Å². The fourth-order valence-electron chi connectivity index (χ4n) is 9.87. The van der Waals surface area contributed by atoms with Crippen molar-refractivity contribution in [3.05, 3.63) is 119 Å². The molecule has 0 bridgehead atoms. The molecule has 2 aromatic carbocycles. The molecule has 5 nitrogen and oxygen atoms in total. The monoisotopic (exact) mass is 673 g/mol. The summed E-state index contributed by atoms with van der Waals surface area (Å²) in [5.41, 5.74) is 11.8. The van der Waals surface area contributed by atoms with Crippen molar-refractivity contribution >= 4 is 39.6 Å². The molecule has 3 aromatic rings. The van der Waals surface area contributed by atoms with Crippen LogP contribution in [0.4, 0.5) is 0 Å². The number of hydrogen-bond donors (Lipinski definition) is 0. The van der Waals surface area contributed by atoms with Crippen LogP contribution in [0.3, 0.4) is 0 Å². The van der Waals surface area contributed by atoms with Crippen molar-refractivity contribution in [2.24, 2.45) is 50.0 Å². The van der Waals surface area contributed by atoms with Crippen molar-refractivity contribution < 1.29 is 0 Å². The van der Waals surface area contributed by atoms with Gasteiger partial charge in [-0.05, 0) is 97.6 Å². The van der Waals surface area contributed by atoms with E-state index in [1.807, 2.05) is 0 Å². The summed E-state index contributed by atoms with van der Waals surface area (Å²) in [4.78, 5) is 18.4. The fraction of sp³-hybridized carbons (Fsp3) is 0.413. The van der Waals surface area contributed by atoms with Gasteiger partial charge in [0.2, 0.25) is 0 Å². The molecule has 3 heterocycles. The average Bonchev–Trinajstić information content (AvgIpc) is 3.48. The third-order valence-electron chi connectivity index (χ3n) is 12.9. The summed E-state index contributed by atoms with van der Waals surface area (Å²) in [6.07, 6.45) is 21.9. The number of hydrogen-bond acceptors (Lipinski definition) is 4. The standard InChI is InChI=1S/C46H51N5/c1-28-20-22-32(23-21-28)43-48-44(33-14-8-7-9-15-33)50(6)45(49-43)46(5)24-12-16-34(25-46)51-27-37-41-36(18-11-19-38(41)51)39-29(2)13-10-17-35(39)40-31(4)30(3)26-47-42(37)40/h7-9,11-12,14-16,18-20,22-23,25,27-31,40,44H,10,13,17,21,24,26H2,1-6H3. The first-order valence-corrected chi connectivity index (χ1v) is 19.4. The first-order valence-electron chi connectivity index (χ1n) is 19.4. The van der Waals surface area contributed by atoms with Gasteiger partial charge < -0.3 is 9.47 Å². The summed E-state index contributed by atoms with van der Waals surface area (Å²) in [6.45, 7) is 12.9. The maximum Gasteiger partial charge on any atom is 0.158 e. The Morgan fingerprint density at radius 3 is 2.59 bits per heavy atom. The number of allylic oxidation sites excluding steroid dienone is 7. The van der Waals surface area contributed by atoms with Gasteiger partial charge in [-0.2, -0.15) is 0 Å². The Hall–Kier alpha value is -4.51. The minimum absolute atomic E-state index is 0.146. The van der Waals surface area contributed by atoms with Crippen LogP contribution in [0.25, 0.3) is 22.2 Å². The molecule has 1 aromatic heterocycles. The lowest BCUT2D eigenvalue weighted by molar-refractivity contribution is 0.327. The zero-order chi connectivity index (χ0) is 35.0. The van der Waals surface area contributed by atoms with E-state index >= 15 is 0 Å². The van der Waals surface area contributed by atoms with Crippen LogP contribution in [0.2, 0.25) is 0 Å². The molecule has 0 saturated carbocycles. The quantitative estimate of drug-likeness (QED) is 0.272. The van der Waals surface area contributed by atoms with E-state index in [1.165, 1.54) is 58.3 Å². The van der Waals surface area contributed by atoms with Gasteiger partial charge in [0.25, 0.3) is 0 Å². The average molecular weight is 674 g/mol. The molecule has 0 fully saturated rings. The molecule has 0 radical (unpaired) electrons. The Morgan fingerprint density at radius 2 is 1.78 bits per heavy atom. The van der Waals surface area contributed by atoms with Gasteiger partial charge in [0, 0.05) is 53.3 Å². The molecule has 4 aliphatic carbocycles. The van der Waals surface area contributed by atoms with Gasteiger partial charge in [-0.3, -0.25) is 4.99 Å². The van der Waals surface area contributed by atoms with Gasteiger partial charge in [0.15, 0.2) is 5.84 Å². The highest BCUT2D eigenvalue weighted by molar-refractivity contribution is 6.19. The van der Waals surface area contributed by atoms with Gasteiger partial charge in [-0.25, -0.2) is 9.98 Å². The van der Waals surface area contributed by atoms with Crippen LogP contribution in [0, 0.1) is 35.0 Å². The summed E-state index contributed by atoms with van der Waals surface area (Å²) < 4.78 is 2.46. The number of amidine groups is 2. The van der Waals surface area contributed by atoms with E-state index in [1.54, 1.807) is 11.1 Å². The molecule has 7 unspecified atom stereocenters. The normalized spacial score (nSPS) is 31.6. The molecule has 51 heavy (non-hydrogen) atoms. The Labute approximate surface area is 303 Å². The highest BCUT2D eigenvalue weighted by atomic mass is 15.3. The fourth-order valence-corrected chi connectivity index (χ4v) is 9.87. The van der Waals surface area contributed by atoms with E-state index in [-0.39, 0.29) is 11.6 Å². The molecular weight excluding hydrogens is 623 g/mol. The van der Waals surface area contributed by atoms with E-state index < -0.39 is 0 Å². The predicted molar refractivity (Wildman–Crippen MR) is 214 cm³/mol. The Kier molecular flexibility index (Phi) is 7.83. The zero-order valence-electron chi connectivity index (χ0n) is 31.1. The van der Waals surface area contributed by atoms with Crippen LogP contribution in [-0.2, 0) is 0 Å². The summed E-state index contributed by atoms with van der Waals surface area (Å²) >= 11 is 0. The SMILES string of the molecule is CC1C=CC(C2=NC(c3ccccc3)N(C)C(C3(C)C=C(n4cc5c6c(cccc64)C4=C(CCCC4C)C4C5=NCC(C)C4C)C=CC3)=N2)=CC1. The molecule has 0 spiro atoms. The third-order valence-corrected chi connectivity index (χ3v) is 12.9. The zero-order valence-corrected chi connectivity index (χ0v) is 31.1. The minimum Gasteiger partial charge on any atom is -0.337 e. The lowest BCUT2D eigenvalue weighted by atomic mass is 9.68. The van der Waals surface area contributed by atoms with E-state index in [4.69, 9.17) is 15.0 Å². The highest BCUT2D eigenvalue weighted by Crippen LogP contribution is 2.51. The molecule has 260 valence electrons. The number of aliphatic imine (C=N–C) groups is 3. The van der Waals surface area contributed by atoms with Crippen LogP contribution < -0.4 is 0 Å². The van der Waals surface area contributed by atoms with Gasteiger partial charge in [0.1, 0.15) is 12.0 Å². The second-order valence-electron chi connectivity index (χ2n) is 16.5. The molecule has 0 N–H and O–H groups in total. The number of nitrogens with zero attached hydrogens (tertiary/aromatic N) is 5. The van der Waals surface area contributed by atoms with Gasteiger partial charge in [-0.1, -0.05) is 100 Å². The Morgan fingerprint density at radius 1 is 0.941 bits per heavy atom. The van der Waals surface area contributed by atoms with Gasteiger partial charge in [-0.15, -0.1) is 0 Å². The first kappa shape index (κ1) is 32.4. The van der Waals surface area contributed by atoms with Crippen LogP contribution in [0.1, 0.15) is 89.6 Å². The number of rotatable bonds is 4. The number of aromatic nitrogens is 1. The number of fused-ring (bicyclic) bond motifs is 4. The smallest absolute Gasteiger partial charge is 0.158 e. The highest BCUT2D eigenvalue weighted by Gasteiger charge is 2.42.